The number of nitrogens with one attached hydrogen (secondary N) is 2. The molecule has 0 amide bonds. The maximum atomic E-state index is 12.3. The van der Waals surface area contributed by atoms with E-state index in [1.54, 1.807) is 6.07 Å². The molecule has 0 aliphatic heterocycles. The molecule has 1 saturated carbocycles. The molecule has 112 valence electrons. The van der Waals surface area contributed by atoms with E-state index in [1.165, 1.54) is 0 Å². The van der Waals surface area contributed by atoms with E-state index in [0.29, 0.717) is 9.37 Å². The quantitative estimate of drug-likeness (QED) is 0.735. The number of sulfonamides is 1. The Morgan fingerprint density at radius 3 is 2.60 bits per heavy atom. The highest BCUT2D eigenvalue weighted by Crippen LogP contribution is 2.36. The van der Waals surface area contributed by atoms with Gasteiger partial charge in [0.15, 0.2) is 0 Å². The summed E-state index contributed by atoms with van der Waals surface area (Å²) in [5.41, 5.74) is 0.821. The minimum absolute atomic E-state index is 0.250. The SMILES string of the molecule is CCCNCc1ccc(S(=O)(=O)NC2(C)CC2)c(Br)c1. The fraction of sp³-hybridized carbons (Fsp3) is 0.571. The Hall–Kier alpha value is -0.430. The number of hydrogen-bond donors (Lipinski definition) is 2. The minimum Gasteiger partial charge on any atom is -0.313 e. The zero-order valence-electron chi connectivity index (χ0n) is 11.9. The van der Waals surface area contributed by atoms with Crippen molar-refractivity contribution in [2.24, 2.45) is 0 Å². The molecule has 4 nitrogen and oxygen atoms in total. The Kier molecular flexibility index (Phi) is 4.89. The van der Waals surface area contributed by atoms with Crippen molar-refractivity contribution in [3.8, 4) is 0 Å². The summed E-state index contributed by atoms with van der Waals surface area (Å²) in [6, 6.07) is 5.39. The second-order valence-corrected chi connectivity index (χ2v) is 8.11. The molecule has 2 rings (SSSR count). The lowest BCUT2D eigenvalue weighted by molar-refractivity contribution is 0.557. The highest BCUT2D eigenvalue weighted by Gasteiger charge is 2.41. The van der Waals surface area contributed by atoms with Crippen molar-refractivity contribution in [1.29, 1.82) is 0 Å². The number of rotatable bonds is 7. The fourth-order valence-corrected chi connectivity index (χ4v) is 4.54. The van der Waals surface area contributed by atoms with Gasteiger partial charge in [0.1, 0.15) is 0 Å². The van der Waals surface area contributed by atoms with Crippen LogP contribution in [0.4, 0.5) is 0 Å². The van der Waals surface area contributed by atoms with E-state index in [1.807, 2.05) is 19.1 Å². The van der Waals surface area contributed by atoms with E-state index >= 15 is 0 Å². The van der Waals surface area contributed by atoms with Gasteiger partial charge in [0, 0.05) is 16.6 Å². The van der Waals surface area contributed by atoms with E-state index in [9.17, 15) is 8.42 Å². The van der Waals surface area contributed by atoms with Crippen LogP contribution in [0.15, 0.2) is 27.6 Å². The first-order valence-electron chi connectivity index (χ1n) is 6.89. The van der Waals surface area contributed by atoms with Gasteiger partial charge < -0.3 is 5.32 Å². The lowest BCUT2D eigenvalue weighted by Crippen LogP contribution is -2.34. The van der Waals surface area contributed by atoms with Crippen molar-refractivity contribution >= 4 is 26.0 Å². The monoisotopic (exact) mass is 360 g/mol. The molecule has 0 heterocycles. The average Bonchev–Trinajstić information content (AvgIpc) is 3.05. The Morgan fingerprint density at radius 1 is 1.35 bits per heavy atom. The molecular weight excluding hydrogens is 340 g/mol. The summed E-state index contributed by atoms with van der Waals surface area (Å²) in [6.07, 6.45) is 2.89. The van der Waals surface area contributed by atoms with Crippen molar-refractivity contribution in [2.75, 3.05) is 6.54 Å². The average molecular weight is 361 g/mol. The largest absolute Gasteiger partial charge is 0.313 e. The predicted molar refractivity (Wildman–Crippen MR) is 84.1 cm³/mol. The van der Waals surface area contributed by atoms with Crippen LogP contribution in [0, 0.1) is 0 Å². The van der Waals surface area contributed by atoms with Crippen LogP contribution in [0.25, 0.3) is 0 Å². The van der Waals surface area contributed by atoms with E-state index in [4.69, 9.17) is 0 Å². The molecule has 6 heteroatoms. The smallest absolute Gasteiger partial charge is 0.242 e. The summed E-state index contributed by atoms with van der Waals surface area (Å²) >= 11 is 3.37. The van der Waals surface area contributed by atoms with E-state index in [2.05, 4.69) is 32.9 Å². The molecule has 0 bridgehead atoms. The summed E-state index contributed by atoms with van der Waals surface area (Å²) < 4.78 is 28.0. The van der Waals surface area contributed by atoms with E-state index in [0.717, 1.165) is 37.9 Å². The molecule has 20 heavy (non-hydrogen) atoms. The third-order valence-electron chi connectivity index (χ3n) is 3.42. The first-order chi connectivity index (χ1) is 9.36. The highest BCUT2D eigenvalue weighted by molar-refractivity contribution is 9.10. The minimum atomic E-state index is -3.45. The van der Waals surface area contributed by atoms with Crippen LogP contribution in [0.5, 0.6) is 0 Å². The van der Waals surface area contributed by atoms with Gasteiger partial charge in [-0.3, -0.25) is 0 Å². The van der Waals surface area contributed by atoms with Gasteiger partial charge in [-0.2, -0.15) is 0 Å². The van der Waals surface area contributed by atoms with Crippen molar-refractivity contribution in [3.63, 3.8) is 0 Å². The van der Waals surface area contributed by atoms with Gasteiger partial charge in [0.2, 0.25) is 10.0 Å². The molecule has 1 aromatic rings. The Morgan fingerprint density at radius 2 is 2.05 bits per heavy atom. The zero-order valence-corrected chi connectivity index (χ0v) is 14.3. The molecule has 0 spiro atoms. The summed E-state index contributed by atoms with van der Waals surface area (Å²) in [6.45, 7) is 5.75. The van der Waals surface area contributed by atoms with Crippen LogP contribution in [-0.4, -0.2) is 20.5 Å². The third kappa shape index (κ3) is 4.04. The molecule has 0 unspecified atom stereocenters. The van der Waals surface area contributed by atoms with Crippen LogP contribution < -0.4 is 10.0 Å². The molecule has 1 aliphatic rings. The highest BCUT2D eigenvalue weighted by atomic mass is 79.9. The van der Waals surface area contributed by atoms with E-state index in [-0.39, 0.29) is 5.54 Å². The van der Waals surface area contributed by atoms with Crippen LogP contribution in [0.3, 0.4) is 0 Å². The Labute approximate surface area is 129 Å². The van der Waals surface area contributed by atoms with Crippen LogP contribution >= 0.6 is 15.9 Å². The van der Waals surface area contributed by atoms with Gasteiger partial charge in [0.05, 0.1) is 4.90 Å². The molecule has 1 aromatic carbocycles. The van der Waals surface area contributed by atoms with Gasteiger partial charge >= 0.3 is 0 Å². The Balaban J connectivity index is 2.12. The van der Waals surface area contributed by atoms with Crippen molar-refractivity contribution in [1.82, 2.24) is 10.0 Å². The topological polar surface area (TPSA) is 58.2 Å². The van der Waals surface area contributed by atoms with Gasteiger partial charge in [0.25, 0.3) is 0 Å². The normalized spacial score (nSPS) is 17.1. The molecule has 0 aromatic heterocycles. The fourth-order valence-electron chi connectivity index (χ4n) is 1.95. The maximum Gasteiger partial charge on any atom is 0.242 e. The van der Waals surface area contributed by atoms with Crippen LogP contribution in [-0.2, 0) is 16.6 Å². The molecule has 0 saturated heterocycles. The van der Waals surface area contributed by atoms with Gasteiger partial charge in [-0.15, -0.1) is 0 Å². The van der Waals surface area contributed by atoms with Crippen molar-refractivity contribution in [3.05, 3.63) is 28.2 Å². The number of hydrogen-bond acceptors (Lipinski definition) is 3. The number of benzene rings is 1. The number of halogens is 1. The molecule has 1 aliphatic carbocycles. The molecular formula is C14H21BrN2O2S. The second-order valence-electron chi connectivity index (χ2n) is 5.61. The predicted octanol–water partition coefficient (Wildman–Crippen LogP) is 2.78. The first-order valence-corrected chi connectivity index (χ1v) is 9.17. The lowest BCUT2D eigenvalue weighted by Gasteiger charge is -2.14. The second kappa shape index (κ2) is 6.13. The van der Waals surface area contributed by atoms with E-state index < -0.39 is 10.0 Å². The van der Waals surface area contributed by atoms with Gasteiger partial charge in [-0.25, -0.2) is 13.1 Å². The first kappa shape index (κ1) is 15.9. The summed E-state index contributed by atoms with van der Waals surface area (Å²) in [5.74, 6) is 0. The van der Waals surface area contributed by atoms with Crippen LogP contribution in [0.1, 0.15) is 38.7 Å². The standard InChI is InChI=1S/C14H21BrN2O2S/c1-3-8-16-10-11-4-5-13(12(15)9-11)20(18,19)17-14(2)6-7-14/h4-5,9,16-17H,3,6-8,10H2,1-2H3. The summed E-state index contributed by atoms with van der Waals surface area (Å²) in [4.78, 5) is 0.310. The third-order valence-corrected chi connectivity index (χ3v) is 6.04. The van der Waals surface area contributed by atoms with Crippen molar-refractivity contribution < 1.29 is 8.42 Å². The van der Waals surface area contributed by atoms with Crippen LogP contribution in [0.2, 0.25) is 0 Å². The van der Waals surface area contributed by atoms with Gasteiger partial charge in [-0.1, -0.05) is 13.0 Å². The maximum absolute atomic E-state index is 12.3. The summed E-state index contributed by atoms with van der Waals surface area (Å²) in [7, 11) is -3.45. The molecule has 0 atom stereocenters. The molecule has 0 radical (unpaired) electrons. The van der Waals surface area contributed by atoms with Crippen molar-refractivity contribution in [2.45, 2.75) is 50.1 Å². The molecule has 2 N–H and O–H groups in total. The Bertz CT molecular complexity index is 583. The lowest BCUT2D eigenvalue weighted by atomic mass is 10.2. The van der Waals surface area contributed by atoms with Gasteiger partial charge in [-0.05, 0) is 66.4 Å². The molecule has 1 fully saturated rings. The zero-order chi connectivity index (χ0) is 14.8. The summed E-state index contributed by atoms with van der Waals surface area (Å²) in [5, 5.41) is 3.30.